The third-order valence-corrected chi connectivity index (χ3v) is 2.70. The maximum atomic E-state index is 11.8. The quantitative estimate of drug-likeness (QED) is 0.874. The molecule has 0 saturated carbocycles. The fraction of sp³-hybridized carbons (Fsp3) is 0.364. The van der Waals surface area contributed by atoms with Crippen molar-refractivity contribution in [3.63, 3.8) is 0 Å². The van der Waals surface area contributed by atoms with Crippen molar-refractivity contribution in [2.45, 2.75) is 19.4 Å². The summed E-state index contributed by atoms with van der Waals surface area (Å²) in [6, 6.07) is 4.82. The second-order valence-electron chi connectivity index (χ2n) is 3.58. The van der Waals surface area contributed by atoms with Crippen LogP contribution in [0.25, 0.3) is 0 Å². The Kier molecular flexibility index (Phi) is 5.06. The Hall–Kier alpha value is -0.770. The average molecular weight is 261 g/mol. The molecule has 1 aromatic carbocycles. The lowest BCUT2D eigenvalue weighted by Crippen LogP contribution is -2.34. The molecule has 0 heterocycles. The van der Waals surface area contributed by atoms with Gasteiger partial charge in [-0.25, -0.2) is 0 Å². The van der Waals surface area contributed by atoms with Gasteiger partial charge in [0.1, 0.15) is 0 Å². The molecule has 0 radical (unpaired) electrons. The second-order valence-corrected chi connectivity index (χ2v) is 4.42. The van der Waals surface area contributed by atoms with E-state index in [1.165, 1.54) is 0 Å². The molecular weight excluding hydrogens is 247 g/mol. The number of benzene rings is 1. The summed E-state index contributed by atoms with van der Waals surface area (Å²) in [5.74, 6) is -0.206. The summed E-state index contributed by atoms with van der Waals surface area (Å²) >= 11 is 11.7. The molecule has 0 saturated heterocycles. The summed E-state index contributed by atoms with van der Waals surface area (Å²) < 4.78 is 0. The number of amides is 1. The molecule has 1 aromatic rings. The predicted molar refractivity (Wildman–Crippen MR) is 67.1 cm³/mol. The zero-order chi connectivity index (χ0) is 12.1. The van der Waals surface area contributed by atoms with Crippen LogP contribution in [-0.4, -0.2) is 18.5 Å². The van der Waals surface area contributed by atoms with E-state index in [4.69, 9.17) is 28.9 Å². The molecule has 0 aliphatic carbocycles. The molecule has 3 nitrogen and oxygen atoms in total. The van der Waals surface area contributed by atoms with E-state index in [9.17, 15) is 4.79 Å². The Morgan fingerprint density at radius 3 is 2.75 bits per heavy atom. The fourth-order valence-electron chi connectivity index (χ4n) is 1.30. The maximum absolute atomic E-state index is 11.8. The second kappa shape index (κ2) is 6.09. The van der Waals surface area contributed by atoms with Crippen molar-refractivity contribution in [3.05, 3.63) is 33.8 Å². The van der Waals surface area contributed by atoms with Crippen LogP contribution in [0.3, 0.4) is 0 Å². The molecule has 0 aliphatic rings. The van der Waals surface area contributed by atoms with Gasteiger partial charge in [-0.1, -0.05) is 23.2 Å². The van der Waals surface area contributed by atoms with Gasteiger partial charge in [-0.3, -0.25) is 4.79 Å². The molecule has 5 heteroatoms. The molecule has 0 spiro atoms. The van der Waals surface area contributed by atoms with Crippen LogP contribution in [0.5, 0.6) is 0 Å². The predicted octanol–water partition coefficient (Wildman–Crippen LogP) is 2.46. The topological polar surface area (TPSA) is 55.1 Å². The van der Waals surface area contributed by atoms with Gasteiger partial charge in [-0.05, 0) is 38.1 Å². The minimum absolute atomic E-state index is 0.0317. The van der Waals surface area contributed by atoms with Crippen molar-refractivity contribution in [2.24, 2.45) is 5.73 Å². The van der Waals surface area contributed by atoms with Gasteiger partial charge < -0.3 is 11.1 Å². The Morgan fingerprint density at radius 1 is 1.50 bits per heavy atom. The molecule has 3 N–H and O–H groups in total. The minimum Gasteiger partial charge on any atom is -0.349 e. The van der Waals surface area contributed by atoms with E-state index in [2.05, 4.69) is 5.32 Å². The van der Waals surface area contributed by atoms with Gasteiger partial charge in [0.2, 0.25) is 0 Å². The monoisotopic (exact) mass is 260 g/mol. The number of carbonyl (C=O) groups is 1. The van der Waals surface area contributed by atoms with Gasteiger partial charge in [0.05, 0.1) is 10.6 Å². The minimum atomic E-state index is -0.206. The zero-order valence-electron chi connectivity index (χ0n) is 8.97. The molecule has 0 fully saturated rings. The first kappa shape index (κ1) is 13.3. The first-order valence-electron chi connectivity index (χ1n) is 5.00. The number of nitrogens with two attached hydrogens (primary N) is 1. The number of halogens is 2. The summed E-state index contributed by atoms with van der Waals surface area (Å²) in [6.45, 7) is 2.43. The standard InChI is InChI=1S/C11H14Cl2N2O/c1-7(4-5-14)15-11(16)9-3-2-8(12)6-10(9)13/h2-3,6-7H,4-5,14H2,1H3,(H,15,16). The van der Waals surface area contributed by atoms with Crippen molar-refractivity contribution < 1.29 is 4.79 Å². The maximum Gasteiger partial charge on any atom is 0.253 e. The first-order chi connectivity index (χ1) is 7.54. The van der Waals surface area contributed by atoms with Crippen LogP contribution in [0, 0.1) is 0 Å². The molecule has 1 unspecified atom stereocenters. The van der Waals surface area contributed by atoms with Gasteiger partial charge in [0.25, 0.3) is 5.91 Å². The SMILES string of the molecule is CC(CCN)NC(=O)c1ccc(Cl)cc1Cl. The number of hydrogen-bond acceptors (Lipinski definition) is 2. The van der Waals surface area contributed by atoms with Crippen LogP contribution >= 0.6 is 23.2 Å². The van der Waals surface area contributed by atoms with Gasteiger partial charge in [0, 0.05) is 11.1 Å². The van der Waals surface area contributed by atoms with E-state index in [0.29, 0.717) is 22.2 Å². The molecule has 16 heavy (non-hydrogen) atoms. The van der Waals surface area contributed by atoms with Gasteiger partial charge >= 0.3 is 0 Å². The number of carbonyl (C=O) groups excluding carboxylic acids is 1. The molecular formula is C11H14Cl2N2O. The Labute approximate surface area is 105 Å². The van der Waals surface area contributed by atoms with Crippen molar-refractivity contribution in [2.75, 3.05) is 6.54 Å². The summed E-state index contributed by atoms with van der Waals surface area (Å²) in [6.07, 6.45) is 0.733. The fourth-order valence-corrected chi connectivity index (χ4v) is 1.79. The molecule has 1 amide bonds. The summed E-state index contributed by atoms with van der Waals surface area (Å²) in [5.41, 5.74) is 5.82. The van der Waals surface area contributed by atoms with Gasteiger partial charge in [0.15, 0.2) is 0 Å². The normalized spacial score (nSPS) is 12.2. The molecule has 0 aliphatic heterocycles. The molecule has 88 valence electrons. The van der Waals surface area contributed by atoms with Crippen LogP contribution in [0.1, 0.15) is 23.7 Å². The summed E-state index contributed by atoms with van der Waals surface area (Å²) in [7, 11) is 0. The lowest BCUT2D eigenvalue weighted by molar-refractivity contribution is 0.0939. The highest BCUT2D eigenvalue weighted by Crippen LogP contribution is 2.20. The van der Waals surface area contributed by atoms with E-state index in [1.807, 2.05) is 6.92 Å². The lowest BCUT2D eigenvalue weighted by Gasteiger charge is -2.13. The Morgan fingerprint density at radius 2 is 2.19 bits per heavy atom. The highest BCUT2D eigenvalue weighted by Gasteiger charge is 2.12. The highest BCUT2D eigenvalue weighted by atomic mass is 35.5. The highest BCUT2D eigenvalue weighted by molar-refractivity contribution is 6.36. The van der Waals surface area contributed by atoms with Crippen molar-refractivity contribution in [1.29, 1.82) is 0 Å². The van der Waals surface area contributed by atoms with Crippen molar-refractivity contribution >= 4 is 29.1 Å². The number of rotatable bonds is 4. The van der Waals surface area contributed by atoms with Gasteiger partial charge in [-0.2, -0.15) is 0 Å². The van der Waals surface area contributed by atoms with E-state index >= 15 is 0 Å². The van der Waals surface area contributed by atoms with Crippen LogP contribution < -0.4 is 11.1 Å². The van der Waals surface area contributed by atoms with Gasteiger partial charge in [-0.15, -0.1) is 0 Å². The number of nitrogens with one attached hydrogen (secondary N) is 1. The molecule has 0 bridgehead atoms. The molecule has 1 atom stereocenters. The van der Waals surface area contributed by atoms with Crippen LogP contribution in [0.2, 0.25) is 10.0 Å². The lowest BCUT2D eigenvalue weighted by atomic mass is 10.2. The van der Waals surface area contributed by atoms with Crippen molar-refractivity contribution in [3.8, 4) is 0 Å². The van der Waals surface area contributed by atoms with E-state index < -0.39 is 0 Å². The number of hydrogen-bond donors (Lipinski definition) is 2. The first-order valence-corrected chi connectivity index (χ1v) is 5.76. The third kappa shape index (κ3) is 3.67. The third-order valence-electron chi connectivity index (χ3n) is 2.15. The molecule has 0 aromatic heterocycles. The average Bonchev–Trinajstić information content (AvgIpc) is 2.17. The zero-order valence-corrected chi connectivity index (χ0v) is 10.5. The van der Waals surface area contributed by atoms with E-state index in [0.717, 1.165) is 6.42 Å². The Bertz CT molecular complexity index is 382. The van der Waals surface area contributed by atoms with E-state index in [1.54, 1.807) is 18.2 Å². The van der Waals surface area contributed by atoms with Crippen molar-refractivity contribution in [1.82, 2.24) is 5.32 Å². The largest absolute Gasteiger partial charge is 0.349 e. The Balaban J connectivity index is 2.73. The molecule has 1 rings (SSSR count). The smallest absolute Gasteiger partial charge is 0.253 e. The van der Waals surface area contributed by atoms with Crippen LogP contribution in [0.15, 0.2) is 18.2 Å². The van der Waals surface area contributed by atoms with Crippen LogP contribution in [0.4, 0.5) is 0 Å². The summed E-state index contributed by atoms with van der Waals surface area (Å²) in [4.78, 5) is 11.8. The van der Waals surface area contributed by atoms with E-state index in [-0.39, 0.29) is 11.9 Å². The van der Waals surface area contributed by atoms with Crippen LogP contribution in [-0.2, 0) is 0 Å². The summed E-state index contributed by atoms with van der Waals surface area (Å²) in [5, 5.41) is 3.67.